The maximum atomic E-state index is 12.7. The molecule has 12 heteroatoms. The Balaban J connectivity index is 1.39. The number of anilines is 4. The lowest BCUT2D eigenvalue weighted by molar-refractivity contribution is 0.0511. The van der Waals surface area contributed by atoms with E-state index in [1.54, 1.807) is 18.2 Å². The fourth-order valence-corrected chi connectivity index (χ4v) is 3.89. The van der Waals surface area contributed by atoms with Gasteiger partial charge in [-0.05, 0) is 41.5 Å². The van der Waals surface area contributed by atoms with E-state index in [4.69, 9.17) is 26.8 Å². The van der Waals surface area contributed by atoms with Crippen molar-refractivity contribution in [1.29, 1.82) is 0 Å². The van der Waals surface area contributed by atoms with E-state index in [0.29, 0.717) is 86.7 Å². The van der Waals surface area contributed by atoms with Gasteiger partial charge in [-0.15, -0.1) is 0 Å². The zero-order chi connectivity index (χ0) is 29.4. The first-order valence-electron chi connectivity index (χ1n) is 13.6. The van der Waals surface area contributed by atoms with Crippen molar-refractivity contribution in [3.63, 3.8) is 0 Å². The van der Waals surface area contributed by atoms with Gasteiger partial charge in [-0.3, -0.25) is 4.79 Å². The topological polar surface area (TPSA) is 148 Å². The summed E-state index contributed by atoms with van der Waals surface area (Å²) in [6, 6.07) is 24.6. The maximum Gasteiger partial charge on any atom is 0.251 e. The molecular weight excluding hydrogens is 556 g/mol. The van der Waals surface area contributed by atoms with Gasteiger partial charge in [0.05, 0.1) is 26.4 Å². The third-order valence-electron chi connectivity index (χ3n) is 5.84. The van der Waals surface area contributed by atoms with Crippen LogP contribution in [0.4, 0.5) is 23.5 Å². The first-order valence-corrected chi connectivity index (χ1v) is 14.0. The highest BCUT2D eigenvalue weighted by molar-refractivity contribution is 6.30. The van der Waals surface area contributed by atoms with Gasteiger partial charge in [0.15, 0.2) is 0 Å². The minimum atomic E-state index is -0.215. The fourth-order valence-electron chi connectivity index (χ4n) is 3.76. The van der Waals surface area contributed by atoms with Crippen molar-refractivity contribution >= 4 is 41.0 Å². The molecule has 3 aromatic carbocycles. The Bertz CT molecular complexity index is 1390. The standard InChI is InChI=1S/C30H35ClN8O3/c31-25-11-9-23(10-12-25)21-35-29-37-28(34-20-22-5-2-1-3-6-22)38-30(39-29)36-26-8-4-7-24(19-26)27(40)33-14-16-42-18-17-41-15-13-32/h1-12,19H,13-18,20-21,32H2,(H,33,40)(H3,34,35,36,37,38,39). The second kappa shape index (κ2) is 16.8. The van der Waals surface area contributed by atoms with Crippen molar-refractivity contribution in [2.75, 3.05) is 55.5 Å². The van der Waals surface area contributed by atoms with Crippen molar-refractivity contribution in [3.8, 4) is 0 Å². The van der Waals surface area contributed by atoms with Crippen LogP contribution in [0.2, 0.25) is 5.02 Å². The summed E-state index contributed by atoms with van der Waals surface area (Å²) in [6.07, 6.45) is 0. The van der Waals surface area contributed by atoms with E-state index in [2.05, 4.69) is 36.2 Å². The number of benzene rings is 3. The van der Waals surface area contributed by atoms with E-state index in [1.807, 2.05) is 60.7 Å². The van der Waals surface area contributed by atoms with Gasteiger partial charge in [0.25, 0.3) is 5.91 Å². The number of halogens is 1. The molecule has 42 heavy (non-hydrogen) atoms. The molecule has 0 radical (unpaired) electrons. The zero-order valence-corrected chi connectivity index (χ0v) is 23.9. The average molecular weight is 591 g/mol. The number of nitrogens with one attached hydrogen (secondary N) is 4. The monoisotopic (exact) mass is 590 g/mol. The van der Waals surface area contributed by atoms with Crippen LogP contribution in [0.1, 0.15) is 21.5 Å². The summed E-state index contributed by atoms with van der Waals surface area (Å²) in [4.78, 5) is 26.3. The lowest BCUT2D eigenvalue weighted by Gasteiger charge is -2.12. The van der Waals surface area contributed by atoms with Crippen LogP contribution in [0.5, 0.6) is 0 Å². The number of hydrogen-bond donors (Lipinski definition) is 5. The molecule has 0 aliphatic heterocycles. The predicted octanol–water partition coefficient (Wildman–Crippen LogP) is 4.21. The van der Waals surface area contributed by atoms with Gasteiger partial charge in [0.2, 0.25) is 17.8 Å². The Morgan fingerprint density at radius 1 is 0.738 bits per heavy atom. The molecule has 0 fully saturated rings. The summed E-state index contributed by atoms with van der Waals surface area (Å²) in [5.74, 6) is 0.896. The van der Waals surface area contributed by atoms with E-state index in [1.165, 1.54) is 0 Å². The largest absolute Gasteiger partial charge is 0.378 e. The van der Waals surface area contributed by atoms with Crippen LogP contribution in [0.3, 0.4) is 0 Å². The highest BCUT2D eigenvalue weighted by atomic mass is 35.5. The Kier molecular flexibility index (Phi) is 12.3. The Hall–Kier alpha value is -4.29. The molecule has 0 saturated heterocycles. The number of rotatable bonds is 17. The molecule has 6 N–H and O–H groups in total. The first-order chi connectivity index (χ1) is 20.6. The van der Waals surface area contributed by atoms with Crippen LogP contribution in [-0.4, -0.2) is 60.4 Å². The van der Waals surface area contributed by atoms with Crippen molar-refractivity contribution in [3.05, 3.63) is 101 Å². The Morgan fingerprint density at radius 2 is 1.38 bits per heavy atom. The van der Waals surface area contributed by atoms with Gasteiger partial charge in [0, 0.05) is 42.5 Å². The highest BCUT2D eigenvalue weighted by Gasteiger charge is 2.10. The average Bonchev–Trinajstić information content (AvgIpc) is 3.01. The van der Waals surface area contributed by atoms with E-state index >= 15 is 0 Å². The minimum Gasteiger partial charge on any atom is -0.378 e. The van der Waals surface area contributed by atoms with Crippen LogP contribution in [0.15, 0.2) is 78.9 Å². The second-order valence-electron chi connectivity index (χ2n) is 9.10. The first kappa shape index (κ1) is 30.7. The SMILES string of the molecule is NCCOCCOCCNC(=O)c1cccc(Nc2nc(NCc3ccccc3)nc(NCc3ccc(Cl)cc3)n2)c1. The summed E-state index contributed by atoms with van der Waals surface area (Å²) in [5.41, 5.74) is 8.64. The molecule has 0 atom stereocenters. The van der Waals surface area contributed by atoms with Crippen LogP contribution in [0, 0.1) is 0 Å². The molecular formula is C30H35ClN8O3. The quantitative estimate of drug-likeness (QED) is 0.113. The smallest absolute Gasteiger partial charge is 0.251 e. The molecule has 1 amide bonds. The third-order valence-corrected chi connectivity index (χ3v) is 6.09. The second-order valence-corrected chi connectivity index (χ2v) is 9.54. The summed E-state index contributed by atoms with van der Waals surface area (Å²) in [7, 11) is 0. The summed E-state index contributed by atoms with van der Waals surface area (Å²) < 4.78 is 10.7. The van der Waals surface area contributed by atoms with Crippen LogP contribution in [-0.2, 0) is 22.6 Å². The highest BCUT2D eigenvalue weighted by Crippen LogP contribution is 2.19. The summed E-state index contributed by atoms with van der Waals surface area (Å²) in [5, 5.41) is 13.2. The number of carbonyl (C=O) groups excluding carboxylic acids is 1. The number of carbonyl (C=O) groups is 1. The molecule has 1 heterocycles. The molecule has 4 aromatic rings. The minimum absolute atomic E-state index is 0.215. The number of nitrogens with zero attached hydrogens (tertiary/aromatic N) is 3. The molecule has 1 aromatic heterocycles. The molecule has 11 nitrogen and oxygen atoms in total. The van der Waals surface area contributed by atoms with Crippen molar-refractivity contribution in [1.82, 2.24) is 20.3 Å². The van der Waals surface area contributed by atoms with Crippen molar-refractivity contribution in [2.24, 2.45) is 5.73 Å². The van der Waals surface area contributed by atoms with E-state index < -0.39 is 0 Å². The predicted molar refractivity (Wildman–Crippen MR) is 165 cm³/mol. The molecule has 0 unspecified atom stereocenters. The van der Waals surface area contributed by atoms with E-state index in [-0.39, 0.29) is 5.91 Å². The Labute approximate surface area is 250 Å². The van der Waals surface area contributed by atoms with Gasteiger partial charge < -0.3 is 36.5 Å². The molecule has 220 valence electrons. The lowest BCUT2D eigenvalue weighted by Crippen LogP contribution is -2.27. The summed E-state index contributed by atoms with van der Waals surface area (Å²) >= 11 is 6.01. The molecule has 0 bridgehead atoms. The number of hydrogen-bond acceptors (Lipinski definition) is 10. The number of nitrogens with two attached hydrogens (primary N) is 1. The molecule has 0 aliphatic carbocycles. The van der Waals surface area contributed by atoms with Crippen molar-refractivity contribution in [2.45, 2.75) is 13.1 Å². The van der Waals surface area contributed by atoms with Gasteiger partial charge in [0.1, 0.15) is 0 Å². The third kappa shape index (κ3) is 10.6. The molecule has 0 aliphatic rings. The maximum absolute atomic E-state index is 12.7. The van der Waals surface area contributed by atoms with Gasteiger partial charge in [-0.2, -0.15) is 15.0 Å². The van der Waals surface area contributed by atoms with Gasteiger partial charge >= 0.3 is 0 Å². The number of aromatic nitrogens is 3. The Morgan fingerprint density at radius 3 is 2.07 bits per heavy atom. The fraction of sp³-hybridized carbons (Fsp3) is 0.267. The van der Waals surface area contributed by atoms with E-state index in [9.17, 15) is 4.79 Å². The van der Waals surface area contributed by atoms with Crippen LogP contribution in [0.25, 0.3) is 0 Å². The molecule has 0 spiro atoms. The van der Waals surface area contributed by atoms with Crippen molar-refractivity contribution < 1.29 is 14.3 Å². The lowest BCUT2D eigenvalue weighted by atomic mass is 10.2. The van der Waals surface area contributed by atoms with Gasteiger partial charge in [-0.1, -0.05) is 60.1 Å². The normalized spacial score (nSPS) is 10.7. The molecule has 4 rings (SSSR count). The van der Waals surface area contributed by atoms with Crippen LogP contribution < -0.4 is 27.0 Å². The van der Waals surface area contributed by atoms with Gasteiger partial charge in [-0.25, -0.2) is 0 Å². The van der Waals surface area contributed by atoms with Crippen LogP contribution >= 0.6 is 11.6 Å². The van der Waals surface area contributed by atoms with E-state index in [0.717, 1.165) is 11.1 Å². The zero-order valence-electron chi connectivity index (χ0n) is 23.2. The number of amides is 1. The molecule has 0 saturated carbocycles. The summed E-state index contributed by atoms with van der Waals surface area (Å²) in [6.45, 7) is 3.69. The number of ether oxygens (including phenoxy) is 2.